The van der Waals surface area contributed by atoms with Crippen molar-refractivity contribution < 1.29 is 0 Å². The summed E-state index contributed by atoms with van der Waals surface area (Å²) in [5, 5.41) is 4.25. The normalized spacial score (nSPS) is 12.2. The SMILES string of the molecule is CCC(C)(C)/C=C/c1ccc2ccc(NC)nc2c1. The number of hydrogen-bond donors (Lipinski definition) is 1. The summed E-state index contributed by atoms with van der Waals surface area (Å²) in [7, 11) is 1.89. The zero-order valence-corrected chi connectivity index (χ0v) is 12.2. The van der Waals surface area contributed by atoms with E-state index in [-0.39, 0.29) is 5.41 Å². The summed E-state index contributed by atoms with van der Waals surface area (Å²) in [5.74, 6) is 0.905. The summed E-state index contributed by atoms with van der Waals surface area (Å²) in [6.07, 6.45) is 5.60. The standard InChI is InChI=1S/C17H22N2/c1-5-17(2,3)11-10-13-6-7-14-8-9-16(18-4)19-15(14)12-13/h6-12H,5H2,1-4H3,(H,18,19)/b11-10+. The highest BCUT2D eigenvalue weighted by Gasteiger charge is 2.09. The Morgan fingerprint density at radius 2 is 1.95 bits per heavy atom. The van der Waals surface area contributed by atoms with Crippen LogP contribution in [0.25, 0.3) is 17.0 Å². The third kappa shape index (κ3) is 3.34. The number of benzene rings is 1. The van der Waals surface area contributed by atoms with Gasteiger partial charge in [0.25, 0.3) is 0 Å². The Morgan fingerprint density at radius 1 is 1.21 bits per heavy atom. The number of nitrogens with zero attached hydrogens (tertiary/aromatic N) is 1. The number of hydrogen-bond acceptors (Lipinski definition) is 2. The van der Waals surface area contributed by atoms with E-state index in [1.54, 1.807) is 0 Å². The number of anilines is 1. The molecule has 1 aromatic carbocycles. The Morgan fingerprint density at radius 3 is 2.63 bits per heavy atom. The lowest BCUT2D eigenvalue weighted by Gasteiger charge is -2.16. The predicted molar refractivity (Wildman–Crippen MR) is 84.4 cm³/mol. The van der Waals surface area contributed by atoms with Crippen molar-refractivity contribution in [2.45, 2.75) is 27.2 Å². The van der Waals surface area contributed by atoms with Gasteiger partial charge in [-0.3, -0.25) is 0 Å². The van der Waals surface area contributed by atoms with Crippen molar-refractivity contribution in [3.05, 3.63) is 42.0 Å². The minimum atomic E-state index is 0.245. The molecule has 2 nitrogen and oxygen atoms in total. The first-order valence-corrected chi connectivity index (χ1v) is 6.82. The molecule has 1 N–H and O–H groups in total. The molecule has 0 aliphatic rings. The van der Waals surface area contributed by atoms with Gasteiger partial charge in [-0.25, -0.2) is 4.98 Å². The second kappa shape index (κ2) is 5.43. The van der Waals surface area contributed by atoms with Crippen LogP contribution in [0.5, 0.6) is 0 Å². The van der Waals surface area contributed by atoms with Crippen LogP contribution in [0.2, 0.25) is 0 Å². The molecule has 1 heterocycles. The molecule has 0 bridgehead atoms. The van der Waals surface area contributed by atoms with Crippen molar-refractivity contribution >= 4 is 22.8 Å². The molecule has 100 valence electrons. The monoisotopic (exact) mass is 254 g/mol. The van der Waals surface area contributed by atoms with E-state index in [1.165, 1.54) is 10.9 Å². The smallest absolute Gasteiger partial charge is 0.126 e. The van der Waals surface area contributed by atoms with Gasteiger partial charge < -0.3 is 5.32 Å². The lowest BCUT2D eigenvalue weighted by Crippen LogP contribution is -2.03. The molecule has 0 unspecified atom stereocenters. The maximum absolute atomic E-state index is 4.57. The number of rotatable bonds is 4. The molecule has 0 fully saturated rings. The molecule has 19 heavy (non-hydrogen) atoms. The van der Waals surface area contributed by atoms with E-state index in [1.807, 2.05) is 13.1 Å². The number of allylic oxidation sites excluding steroid dienone is 1. The third-order valence-electron chi connectivity index (χ3n) is 3.61. The summed E-state index contributed by atoms with van der Waals surface area (Å²) >= 11 is 0. The second-order valence-corrected chi connectivity index (χ2v) is 5.57. The van der Waals surface area contributed by atoms with Crippen molar-refractivity contribution in [3.8, 4) is 0 Å². The predicted octanol–water partition coefficient (Wildman–Crippen LogP) is 4.73. The van der Waals surface area contributed by atoms with Crippen LogP contribution in [-0.4, -0.2) is 12.0 Å². The average molecular weight is 254 g/mol. The summed E-state index contributed by atoms with van der Waals surface area (Å²) < 4.78 is 0. The van der Waals surface area contributed by atoms with E-state index in [9.17, 15) is 0 Å². The largest absolute Gasteiger partial charge is 0.373 e. The van der Waals surface area contributed by atoms with Crippen LogP contribution in [0.4, 0.5) is 5.82 Å². The van der Waals surface area contributed by atoms with Gasteiger partial charge in [-0.2, -0.15) is 0 Å². The fraction of sp³-hybridized carbons (Fsp3) is 0.353. The first-order chi connectivity index (χ1) is 9.04. The molecular weight excluding hydrogens is 232 g/mol. The Hall–Kier alpha value is -1.83. The van der Waals surface area contributed by atoms with Crippen molar-refractivity contribution in [1.29, 1.82) is 0 Å². The fourth-order valence-corrected chi connectivity index (χ4v) is 1.82. The average Bonchev–Trinajstić information content (AvgIpc) is 2.44. The third-order valence-corrected chi connectivity index (χ3v) is 3.61. The Balaban J connectivity index is 2.35. The van der Waals surface area contributed by atoms with E-state index < -0.39 is 0 Å². The Kier molecular flexibility index (Phi) is 3.89. The lowest BCUT2D eigenvalue weighted by atomic mass is 9.89. The first kappa shape index (κ1) is 13.6. The zero-order valence-electron chi connectivity index (χ0n) is 12.2. The zero-order chi connectivity index (χ0) is 13.9. The number of fused-ring (bicyclic) bond motifs is 1. The van der Waals surface area contributed by atoms with Crippen molar-refractivity contribution in [3.63, 3.8) is 0 Å². The Labute approximate surface area is 115 Å². The van der Waals surface area contributed by atoms with Crippen LogP contribution in [0, 0.1) is 5.41 Å². The van der Waals surface area contributed by atoms with Gasteiger partial charge >= 0.3 is 0 Å². The molecule has 2 heteroatoms. The van der Waals surface area contributed by atoms with Crippen LogP contribution in [0.15, 0.2) is 36.4 Å². The molecule has 0 atom stereocenters. The van der Waals surface area contributed by atoms with E-state index in [0.717, 1.165) is 17.8 Å². The summed E-state index contributed by atoms with van der Waals surface area (Å²) in [4.78, 5) is 4.57. The van der Waals surface area contributed by atoms with Crippen LogP contribution in [0.3, 0.4) is 0 Å². The van der Waals surface area contributed by atoms with E-state index in [4.69, 9.17) is 0 Å². The van der Waals surface area contributed by atoms with Gasteiger partial charge in [-0.1, -0.05) is 45.1 Å². The molecule has 0 aliphatic carbocycles. The molecule has 0 aliphatic heterocycles. The highest BCUT2D eigenvalue weighted by atomic mass is 15.0. The Bertz CT molecular complexity index is 597. The summed E-state index contributed by atoms with van der Waals surface area (Å²) in [6.45, 7) is 6.72. The molecule has 2 aromatic rings. The maximum Gasteiger partial charge on any atom is 0.126 e. The van der Waals surface area contributed by atoms with Gasteiger partial charge in [0.05, 0.1) is 5.52 Å². The summed E-state index contributed by atoms with van der Waals surface area (Å²) in [6, 6.07) is 10.5. The van der Waals surface area contributed by atoms with Crippen LogP contribution in [0.1, 0.15) is 32.8 Å². The van der Waals surface area contributed by atoms with Gasteiger partial charge in [0.15, 0.2) is 0 Å². The summed E-state index contributed by atoms with van der Waals surface area (Å²) in [5.41, 5.74) is 2.48. The van der Waals surface area contributed by atoms with Gasteiger partial charge in [-0.05, 0) is 35.6 Å². The lowest BCUT2D eigenvalue weighted by molar-refractivity contribution is 0.464. The van der Waals surface area contributed by atoms with Gasteiger partial charge in [-0.15, -0.1) is 0 Å². The first-order valence-electron chi connectivity index (χ1n) is 6.82. The van der Waals surface area contributed by atoms with Crippen molar-refractivity contribution in [2.24, 2.45) is 5.41 Å². The van der Waals surface area contributed by atoms with Gasteiger partial charge in [0.1, 0.15) is 5.82 Å². The minimum Gasteiger partial charge on any atom is -0.373 e. The maximum atomic E-state index is 4.57. The molecule has 0 radical (unpaired) electrons. The molecule has 0 amide bonds. The molecular formula is C17H22N2. The minimum absolute atomic E-state index is 0.245. The van der Waals surface area contributed by atoms with E-state index in [0.29, 0.717) is 0 Å². The molecule has 0 spiro atoms. The molecule has 0 saturated carbocycles. The fourth-order valence-electron chi connectivity index (χ4n) is 1.82. The van der Waals surface area contributed by atoms with Crippen molar-refractivity contribution in [1.82, 2.24) is 4.98 Å². The topological polar surface area (TPSA) is 24.9 Å². The van der Waals surface area contributed by atoms with Crippen LogP contribution in [-0.2, 0) is 0 Å². The molecule has 1 aromatic heterocycles. The highest BCUT2D eigenvalue weighted by molar-refractivity contribution is 5.82. The second-order valence-electron chi connectivity index (χ2n) is 5.57. The highest BCUT2D eigenvalue weighted by Crippen LogP contribution is 2.24. The number of pyridine rings is 1. The van der Waals surface area contributed by atoms with Crippen LogP contribution >= 0.6 is 0 Å². The van der Waals surface area contributed by atoms with Gasteiger partial charge in [0, 0.05) is 12.4 Å². The quantitative estimate of drug-likeness (QED) is 0.853. The van der Waals surface area contributed by atoms with Gasteiger partial charge in [0.2, 0.25) is 0 Å². The number of aromatic nitrogens is 1. The van der Waals surface area contributed by atoms with E-state index >= 15 is 0 Å². The number of nitrogens with one attached hydrogen (secondary N) is 1. The van der Waals surface area contributed by atoms with E-state index in [2.05, 4.69) is 67.5 Å². The van der Waals surface area contributed by atoms with Crippen LogP contribution < -0.4 is 5.32 Å². The molecule has 0 saturated heterocycles. The molecule has 2 rings (SSSR count). The van der Waals surface area contributed by atoms with Crippen molar-refractivity contribution in [2.75, 3.05) is 12.4 Å².